The first kappa shape index (κ1) is 69.1. The van der Waals surface area contributed by atoms with Crippen molar-refractivity contribution in [2.24, 2.45) is 0 Å². The number of aliphatic hydroxyl groups is 2. The molecule has 0 radical (unpaired) electrons. The molecule has 0 heterocycles. The highest BCUT2D eigenvalue weighted by molar-refractivity contribution is 5.76. The van der Waals surface area contributed by atoms with Gasteiger partial charge < -0.3 is 20.3 Å². The summed E-state index contributed by atoms with van der Waals surface area (Å²) in [6, 6.07) is -0.631. The summed E-state index contributed by atoms with van der Waals surface area (Å²) in [5, 5.41) is 23.2. The van der Waals surface area contributed by atoms with E-state index in [1.807, 2.05) is 6.08 Å². The summed E-state index contributed by atoms with van der Waals surface area (Å²) < 4.78 is 5.46. The predicted molar refractivity (Wildman–Crippen MR) is 310 cm³/mol. The van der Waals surface area contributed by atoms with E-state index >= 15 is 0 Å². The Morgan fingerprint density at radius 2 is 0.676 bits per heavy atom. The molecule has 0 aliphatic rings. The number of allylic oxidation sites excluding steroid dienone is 5. The molecule has 0 aromatic rings. The van der Waals surface area contributed by atoms with Crippen LogP contribution in [0.25, 0.3) is 0 Å². The lowest BCUT2D eigenvalue weighted by molar-refractivity contribution is -0.143. The highest BCUT2D eigenvalue weighted by Gasteiger charge is 2.18. The number of unbranched alkanes of at least 4 members (excludes halogenated alkanes) is 44. The lowest BCUT2D eigenvalue weighted by Crippen LogP contribution is -2.45. The zero-order valence-corrected chi connectivity index (χ0v) is 47.7. The van der Waals surface area contributed by atoms with Crippen LogP contribution < -0.4 is 5.32 Å². The van der Waals surface area contributed by atoms with Crippen LogP contribution in [0.3, 0.4) is 0 Å². The van der Waals surface area contributed by atoms with Gasteiger partial charge in [-0.05, 0) is 77.0 Å². The van der Waals surface area contributed by atoms with E-state index in [1.165, 1.54) is 270 Å². The number of hydrogen-bond acceptors (Lipinski definition) is 5. The van der Waals surface area contributed by atoms with E-state index in [0.29, 0.717) is 19.4 Å². The average molecular weight is 999 g/mol. The van der Waals surface area contributed by atoms with Gasteiger partial charge in [0.15, 0.2) is 0 Å². The van der Waals surface area contributed by atoms with Crippen LogP contribution in [0.15, 0.2) is 36.5 Å². The summed E-state index contributed by atoms with van der Waals surface area (Å²) in [7, 11) is 0. The normalized spacial score (nSPS) is 12.8. The number of esters is 1. The number of hydrogen-bond donors (Lipinski definition) is 3. The summed E-state index contributed by atoms with van der Waals surface area (Å²) in [4.78, 5) is 24.5. The number of carbonyl (C=O) groups excluding carboxylic acids is 2. The van der Waals surface area contributed by atoms with Gasteiger partial charge in [0.05, 0.1) is 25.4 Å². The molecule has 2 unspecified atom stereocenters. The molecular formula is C65H123NO5. The van der Waals surface area contributed by atoms with Gasteiger partial charge in [0.2, 0.25) is 5.91 Å². The lowest BCUT2D eigenvalue weighted by Gasteiger charge is -2.20. The van der Waals surface area contributed by atoms with E-state index in [9.17, 15) is 19.8 Å². The molecule has 0 aromatic carbocycles. The van der Waals surface area contributed by atoms with Gasteiger partial charge >= 0.3 is 5.97 Å². The van der Waals surface area contributed by atoms with Crippen LogP contribution in [0.5, 0.6) is 0 Å². The average Bonchev–Trinajstić information content (AvgIpc) is 3.37. The number of amides is 1. The first-order chi connectivity index (χ1) is 35.0. The molecule has 71 heavy (non-hydrogen) atoms. The van der Waals surface area contributed by atoms with Crippen molar-refractivity contribution in [2.75, 3.05) is 13.2 Å². The van der Waals surface area contributed by atoms with Crippen molar-refractivity contribution >= 4 is 11.9 Å². The fraction of sp³-hybridized carbons (Fsp3) is 0.877. The van der Waals surface area contributed by atoms with Crippen molar-refractivity contribution in [3.05, 3.63) is 36.5 Å². The maximum Gasteiger partial charge on any atom is 0.305 e. The predicted octanol–water partition coefficient (Wildman–Crippen LogP) is 20.0. The Morgan fingerprint density at radius 3 is 1.04 bits per heavy atom. The van der Waals surface area contributed by atoms with Crippen LogP contribution >= 0.6 is 0 Å². The van der Waals surface area contributed by atoms with Crippen molar-refractivity contribution in [2.45, 2.75) is 353 Å². The van der Waals surface area contributed by atoms with E-state index < -0.39 is 12.1 Å². The fourth-order valence-corrected chi connectivity index (χ4v) is 9.73. The molecule has 2 atom stereocenters. The molecule has 0 spiro atoms. The molecule has 0 bridgehead atoms. The maximum absolute atomic E-state index is 12.5. The summed E-state index contributed by atoms with van der Waals surface area (Å²) in [5.74, 6) is -0.0671. The van der Waals surface area contributed by atoms with Gasteiger partial charge in [-0.1, -0.05) is 288 Å². The third-order valence-corrected chi connectivity index (χ3v) is 14.6. The quantitative estimate of drug-likeness (QED) is 0.0321. The van der Waals surface area contributed by atoms with Crippen molar-refractivity contribution in [1.82, 2.24) is 5.32 Å². The highest BCUT2D eigenvalue weighted by Crippen LogP contribution is 2.17. The third-order valence-electron chi connectivity index (χ3n) is 14.6. The zero-order chi connectivity index (χ0) is 51.4. The third kappa shape index (κ3) is 57.2. The van der Waals surface area contributed by atoms with E-state index in [0.717, 1.165) is 44.9 Å². The summed E-state index contributed by atoms with van der Waals surface area (Å²) in [6.45, 7) is 4.88. The second kappa shape index (κ2) is 60.6. The Morgan fingerprint density at radius 1 is 0.380 bits per heavy atom. The molecule has 6 nitrogen and oxygen atoms in total. The van der Waals surface area contributed by atoms with Gasteiger partial charge in [0.1, 0.15) is 0 Å². The molecule has 0 saturated carbocycles. The molecule has 0 aromatic heterocycles. The number of nitrogens with one attached hydrogen (secondary N) is 1. The van der Waals surface area contributed by atoms with Crippen molar-refractivity contribution in [3.63, 3.8) is 0 Å². The van der Waals surface area contributed by atoms with Crippen LogP contribution in [-0.2, 0) is 14.3 Å². The van der Waals surface area contributed by atoms with Gasteiger partial charge in [0.25, 0.3) is 0 Å². The molecule has 1 amide bonds. The van der Waals surface area contributed by atoms with Gasteiger partial charge in [-0.3, -0.25) is 9.59 Å². The monoisotopic (exact) mass is 998 g/mol. The second-order valence-electron chi connectivity index (χ2n) is 21.7. The Bertz CT molecular complexity index is 1150. The van der Waals surface area contributed by atoms with E-state index in [1.54, 1.807) is 6.08 Å². The fourth-order valence-electron chi connectivity index (χ4n) is 9.73. The topological polar surface area (TPSA) is 95.9 Å². The summed E-state index contributed by atoms with van der Waals surface area (Å²) in [6.07, 6.45) is 76.2. The number of aliphatic hydroxyl groups excluding tert-OH is 2. The maximum atomic E-state index is 12.5. The second-order valence-corrected chi connectivity index (χ2v) is 21.7. The minimum absolute atomic E-state index is 0.00189. The highest BCUT2D eigenvalue weighted by atomic mass is 16.5. The van der Waals surface area contributed by atoms with Crippen LogP contribution in [-0.4, -0.2) is 47.4 Å². The van der Waals surface area contributed by atoms with Gasteiger partial charge in [-0.25, -0.2) is 0 Å². The van der Waals surface area contributed by atoms with Crippen LogP contribution in [0.4, 0.5) is 0 Å². The Hall–Kier alpha value is -1.92. The largest absolute Gasteiger partial charge is 0.466 e. The molecule has 0 fully saturated rings. The van der Waals surface area contributed by atoms with Gasteiger partial charge in [-0.15, -0.1) is 0 Å². The smallest absolute Gasteiger partial charge is 0.305 e. The van der Waals surface area contributed by atoms with Gasteiger partial charge in [-0.2, -0.15) is 0 Å². The van der Waals surface area contributed by atoms with Crippen molar-refractivity contribution in [1.29, 1.82) is 0 Å². The molecule has 3 N–H and O–H groups in total. The summed E-state index contributed by atoms with van der Waals surface area (Å²) >= 11 is 0. The minimum Gasteiger partial charge on any atom is -0.466 e. The standard InChI is InChI=1S/C65H123NO5/c1-3-5-7-9-11-13-15-16-17-18-28-31-34-38-41-45-49-53-57-63(68)62(61-67)66-64(69)58-54-50-46-42-39-35-32-29-26-24-22-20-19-21-23-25-27-30-33-36-40-44-48-52-56-60-71-65(70)59-55-51-47-43-37-14-12-10-8-6-4-2/h10,12,20,22,53,57,62-63,67-68H,3-9,11,13-19,21,23-52,54-56,58-61H2,1-2H3,(H,66,69)/b12-10-,22-20-,57-53+. The SMILES string of the molecule is CCCC/C=C\CCCCCCCC(=O)OCCCCCCCCCCCCCC/C=C\CCCCCCCCCCCC(=O)NC(CO)C(O)/C=C/CCCCCCCCCCCCCCCCCC. The first-order valence-corrected chi connectivity index (χ1v) is 31.8. The molecule has 0 rings (SSSR count). The lowest BCUT2D eigenvalue weighted by atomic mass is 10.0. The molecule has 6 heteroatoms. The number of ether oxygens (including phenoxy) is 1. The molecule has 418 valence electrons. The van der Waals surface area contributed by atoms with Crippen molar-refractivity contribution < 1.29 is 24.5 Å². The minimum atomic E-state index is -0.847. The first-order valence-electron chi connectivity index (χ1n) is 31.8. The van der Waals surface area contributed by atoms with E-state index in [4.69, 9.17) is 4.74 Å². The number of rotatable bonds is 59. The van der Waals surface area contributed by atoms with Crippen molar-refractivity contribution in [3.8, 4) is 0 Å². The molecular weight excluding hydrogens is 875 g/mol. The van der Waals surface area contributed by atoms with E-state index in [2.05, 4.69) is 43.5 Å². The Kier molecular flexibility index (Phi) is 59.0. The Labute approximate surface area is 443 Å². The Balaban J connectivity index is 3.43. The molecule has 0 saturated heterocycles. The van der Waals surface area contributed by atoms with Crippen LogP contribution in [0.1, 0.15) is 341 Å². The molecule has 0 aliphatic carbocycles. The zero-order valence-electron chi connectivity index (χ0n) is 47.7. The molecule has 0 aliphatic heterocycles. The number of carbonyl (C=O) groups is 2. The van der Waals surface area contributed by atoms with Gasteiger partial charge in [0, 0.05) is 12.8 Å². The summed E-state index contributed by atoms with van der Waals surface area (Å²) in [5.41, 5.74) is 0. The van der Waals surface area contributed by atoms with Crippen LogP contribution in [0.2, 0.25) is 0 Å². The van der Waals surface area contributed by atoms with Crippen LogP contribution in [0, 0.1) is 0 Å². The van der Waals surface area contributed by atoms with E-state index in [-0.39, 0.29) is 18.5 Å².